The van der Waals surface area contributed by atoms with Gasteiger partial charge >= 0.3 is 0 Å². The van der Waals surface area contributed by atoms with E-state index in [1.54, 1.807) is 42.1 Å². The number of para-hydroxylation sites is 1. The van der Waals surface area contributed by atoms with Crippen LogP contribution in [0.5, 0.6) is 0 Å². The average molecular weight is 321 g/mol. The minimum Gasteiger partial charge on any atom is -0.321 e. The molecule has 0 aromatic heterocycles. The molecule has 0 atom stereocenters. The van der Waals surface area contributed by atoms with Crippen molar-refractivity contribution < 1.29 is 13.2 Å². The molecule has 0 aliphatic rings. The van der Waals surface area contributed by atoms with E-state index in [2.05, 4.69) is 5.32 Å². The van der Waals surface area contributed by atoms with E-state index in [0.29, 0.717) is 11.3 Å². The largest absolute Gasteiger partial charge is 0.321 e. The van der Waals surface area contributed by atoms with Gasteiger partial charge in [0.15, 0.2) is 9.84 Å². The molecule has 2 aromatic rings. The van der Waals surface area contributed by atoms with E-state index in [1.165, 1.54) is 6.07 Å². The van der Waals surface area contributed by atoms with Crippen LogP contribution in [0.25, 0.3) is 0 Å². The van der Waals surface area contributed by atoms with Crippen molar-refractivity contribution >= 4 is 33.2 Å². The molecule has 0 saturated heterocycles. The van der Waals surface area contributed by atoms with Gasteiger partial charge in [0.1, 0.15) is 0 Å². The summed E-state index contributed by atoms with van der Waals surface area (Å²) in [6.07, 6.45) is 3.07. The molecule has 1 N–H and O–H groups in total. The number of hydrogen-bond acceptors (Lipinski definition) is 4. The molecule has 6 heteroatoms. The van der Waals surface area contributed by atoms with Gasteiger partial charge in [0.2, 0.25) is 0 Å². The van der Waals surface area contributed by atoms with Crippen molar-refractivity contribution in [1.82, 2.24) is 0 Å². The van der Waals surface area contributed by atoms with Gasteiger partial charge in [0.05, 0.1) is 10.6 Å². The molecule has 21 heavy (non-hydrogen) atoms. The Morgan fingerprint density at radius 3 is 2.24 bits per heavy atom. The van der Waals surface area contributed by atoms with Crippen molar-refractivity contribution in [3.05, 3.63) is 54.1 Å². The third-order valence-electron chi connectivity index (χ3n) is 2.89. The fourth-order valence-electron chi connectivity index (χ4n) is 1.83. The highest BCUT2D eigenvalue weighted by atomic mass is 32.2. The van der Waals surface area contributed by atoms with E-state index < -0.39 is 9.84 Å². The van der Waals surface area contributed by atoms with Crippen molar-refractivity contribution in [2.24, 2.45) is 0 Å². The van der Waals surface area contributed by atoms with E-state index >= 15 is 0 Å². The predicted octanol–water partition coefficient (Wildman–Crippen LogP) is 3.06. The zero-order chi connectivity index (χ0) is 15.5. The lowest BCUT2D eigenvalue weighted by Crippen LogP contribution is -2.14. The van der Waals surface area contributed by atoms with E-state index in [-0.39, 0.29) is 10.8 Å². The van der Waals surface area contributed by atoms with E-state index in [1.807, 2.05) is 18.4 Å². The van der Waals surface area contributed by atoms with Crippen molar-refractivity contribution in [2.75, 3.05) is 17.8 Å². The second kappa shape index (κ2) is 6.32. The Morgan fingerprint density at radius 1 is 1.05 bits per heavy atom. The van der Waals surface area contributed by atoms with Gasteiger partial charge in [-0.05, 0) is 42.7 Å². The number of thioether (sulfide) groups is 1. The van der Waals surface area contributed by atoms with Crippen LogP contribution < -0.4 is 5.32 Å². The SMILES string of the molecule is CSc1ccc(C(=O)Nc2ccccc2S(C)(=O)=O)cc1. The second-order valence-electron chi connectivity index (χ2n) is 4.45. The molecule has 2 aromatic carbocycles. The fraction of sp³-hybridized carbons (Fsp3) is 0.133. The first-order chi connectivity index (χ1) is 9.91. The number of carbonyl (C=O) groups excluding carboxylic acids is 1. The first kappa shape index (κ1) is 15.6. The van der Waals surface area contributed by atoms with Crippen LogP contribution in [0.4, 0.5) is 5.69 Å². The lowest BCUT2D eigenvalue weighted by Gasteiger charge is -2.09. The molecular formula is C15H15NO3S2. The number of carbonyl (C=O) groups is 1. The molecule has 0 radical (unpaired) electrons. The summed E-state index contributed by atoms with van der Waals surface area (Å²) < 4.78 is 23.4. The van der Waals surface area contributed by atoms with Gasteiger partial charge in [-0.15, -0.1) is 11.8 Å². The Hall–Kier alpha value is -1.79. The zero-order valence-corrected chi connectivity index (χ0v) is 13.3. The van der Waals surface area contributed by atoms with Crippen LogP contribution in [-0.4, -0.2) is 26.8 Å². The summed E-state index contributed by atoms with van der Waals surface area (Å²) in [6, 6.07) is 13.5. The topological polar surface area (TPSA) is 63.2 Å². The molecule has 110 valence electrons. The number of anilines is 1. The Kier molecular flexibility index (Phi) is 4.69. The lowest BCUT2D eigenvalue weighted by atomic mass is 10.2. The Bertz CT molecular complexity index is 753. The summed E-state index contributed by atoms with van der Waals surface area (Å²) in [5, 5.41) is 2.65. The quantitative estimate of drug-likeness (QED) is 0.879. The number of amides is 1. The monoisotopic (exact) mass is 321 g/mol. The highest BCUT2D eigenvalue weighted by molar-refractivity contribution is 7.98. The van der Waals surface area contributed by atoms with Crippen LogP contribution >= 0.6 is 11.8 Å². The Morgan fingerprint density at radius 2 is 1.67 bits per heavy atom. The molecule has 2 rings (SSSR count). The molecule has 4 nitrogen and oxygen atoms in total. The van der Waals surface area contributed by atoms with Crippen LogP contribution in [0.3, 0.4) is 0 Å². The average Bonchev–Trinajstić information content (AvgIpc) is 2.47. The molecule has 0 spiro atoms. The fourth-order valence-corrected chi connectivity index (χ4v) is 3.08. The first-order valence-electron chi connectivity index (χ1n) is 6.16. The molecule has 0 saturated carbocycles. The number of nitrogens with one attached hydrogen (secondary N) is 1. The summed E-state index contributed by atoms with van der Waals surface area (Å²) in [4.78, 5) is 13.3. The summed E-state index contributed by atoms with van der Waals surface area (Å²) in [6.45, 7) is 0. The van der Waals surface area contributed by atoms with Crippen LogP contribution in [0.2, 0.25) is 0 Å². The molecule has 0 aliphatic heterocycles. The van der Waals surface area contributed by atoms with Crippen molar-refractivity contribution in [3.63, 3.8) is 0 Å². The van der Waals surface area contributed by atoms with E-state index in [9.17, 15) is 13.2 Å². The summed E-state index contributed by atoms with van der Waals surface area (Å²) >= 11 is 1.59. The minimum atomic E-state index is -3.39. The lowest BCUT2D eigenvalue weighted by molar-refractivity contribution is 0.102. The highest BCUT2D eigenvalue weighted by Crippen LogP contribution is 2.22. The van der Waals surface area contributed by atoms with Crippen LogP contribution in [0.1, 0.15) is 10.4 Å². The summed E-state index contributed by atoms with van der Waals surface area (Å²) in [7, 11) is -3.39. The van der Waals surface area contributed by atoms with E-state index in [0.717, 1.165) is 11.2 Å². The van der Waals surface area contributed by atoms with Crippen molar-refractivity contribution in [2.45, 2.75) is 9.79 Å². The predicted molar refractivity (Wildman–Crippen MR) is 85.7 cm³/mol. The number of sulfone groups is 1. The highest BCUT2D eigenvalue weighted by Gasteiger charge is 2.15. The summed E-state index contributed by atoms with van der Waals surface area (Å²) in [5.74, 6) is -0.334. The molecule has 1 amide bonds. The van der Waals surface area contributed by atoms with Gasteiger partial charge in [-0.25, -0.2) is 8.42 Å². The van der Waals surface area contributed by atoms with Crippen molar-refractivity contribution in [3.8, 4) is 0 Å². The molecule has 0 heterocycles. The van der Waals surface area contributed by atoms with E-state index in [4.69, 9.17) is 0 Å². The van der Waals surface area contributed by atoms with Crippen LogP contribution in [0.15, 0.2) is 58.3 Å². The third kappa shape index (κ3) is 3.86. The second-order valence-corrected chi connectivity index (χ2v) is 7.31. The van der Waals surface area contributed by atoms with Gasteiger partial charge in [0.25, 0.3) is 5.91 Å². The number of hydrogen-bond donors (Lipinski definition) is 1. The number of rotatable bonds is 4. The van der Waals surface area contributed by atoms with Gasteiger partial charge in [0, 0.05) is 16.7 Å². The Labute approximate surface area is 128 Å². The number of benzene rings is 2. The minimum absolute atomic E-state index is 0.110. The first-order valence-corrected chi connectivity index (χ1v) is 9.28. The smallest absolute Gasteiger partial charge is 0.255 e. The summed E-state index contributed by atoms with van der Waals surface area (Å²) in [5.41, 5.74) is 0.773. The van der Waals surface area contributed by atoms with Gasteiger partial charge in [-0.1, -0.05) is 12.1 Å². The van der Waals surface area contributed by atoms with Crippen molar-refractivity contribution in [1.29, 1.82) is 0 Å². The molecular weight excluding hydrogens is 306 g/mol. The standard InChI is InChI=1S/C15H15NO3S2/c1-20-12-9-7-11(8-10-12)15(17)16-13-5-3-4-6-14(13)21(2,18)19/h3-10H,1-2H3,(H,16,17). The third-order valence-corrected chi connectivity index (χ3v) is 4.79. The van der Waals surface area contributed by atoms with Crippen LogP contribution in [-0.2, 0) is 9.84 Å². The zero-order valence-electron chi connectivity index (χ0n) is 11.7. The maximum Gasteiger partial charge on any atom is 0.255 e. The van der Waals surface area contributed by atoms with Gasteiger partial charge < -0.3 is 5.32 Å². The Balaban J connectivity index is 2.27. The molecule has 0 unspecified atom stereocenters. The van der Waals surface area contributed by atoms with Gasteiger partial charge in [-0.3, -0.25) is 4.79 Å². The maximum absolute atomic E-state index is 12.2. The molecule has 0 fully saturated rings. The molecule has 0 aliphatic carbocycles. The van der Waals surface area contributed by atoms with Gasteiger partial charge in [-0.2, -0.15) is 0 Å². The maximum atomic E-state index is 12.2. The molecule has 0 bridgehead atoms. The normalized spacial score (nSPS) is 11.1. The van der Waals surface area contributed by atoms with Crippen LogP contribution in [0, 0.1) is 0 Å².